The number of furan rings is 1. The van der Waals surface area contributed by atoms with Crippen LogP contribution in [0.2, 0.25) is 0 Å². The van der Waals surface area contributed by atoms with Gasteiger partial charge in [0.2, 0.25) is 0 Å². The SMILES string of the molecule is Cc1coc2cc3o/c(=N\O)cc(C)c3cc12. The number of nitrogens with zero attached hydrogens (tertiary/aromatic N) is 1. The maximum atomic E-state index is 8.75. The molecule has 0 radical (unpaired) electrons. The first-order valence-electron chi connectivity index (χ1n) is 5.29. The summed E-state index contributed by atoms with van der Waals surface area (Å²) in [6.07, 6.45) is 1.72. The Hall–Kier alpha value is -2.23. The van der Waals surface area contributed by atoms with Crippen LogP contribution in [0.3, 0.4) is 0 Å². The Morgan fingerprint density at radius 3 is 2.53 bits per heavy atom. The van der Waals surface area contributed by atoms with Crippen molar-refractivity contribution in [2.24, 2.45) is 5.16 Å². The monoisotopic (exact) mass is 229 g/mol. The van der Waals surface area contributed by atoms with Crippen LogP contribution in [0.1, 0.15) is 11.1 Å². The fourth-order valence-corrected chi connectivity index (χ4v) is 2.03. The highest BCUT2D eigenvalue weighted by atomic mass is 16.5. The van der Waals surface area contributed by atoms with Crippen LogP contribution in [0.15, 0.2) is 38.5 Å². The van der Waals surface area contributed by atoms with Gasteiger partial charge < -0.3 is 14.0 Å². The highest BCUT2D eigenvalue weighted by molar-refractivity contribution is 5.95. The Morgan fingerprint density at radius 1 is 1.00 bits per heavy atom. The summed E-state index contributed by atoms with van der Waals surface area (Å²) in [4.78, 5) is 0. The second-order valence-electron chi connectivity index (χ2n) is 4.13. The molecule has 0 unspecified atom stereocenters. The Morgan fingerprint density at radius 2 is 1.76 bits per heavy atom. The Labute approximate surface area is 96.8 Å². The molecule has 0 aliphatic carbocycles. The van der Waals surface area contributed by atoms with E-state index in [2.05, 4.69) is 5.16 Å². The molecule has 0 aliphatic rings. The zero-order chi connectivity index (χ0) is 12.0. The standard InChI is InChI=1S/C13H11NO3/c1-7-3-13(14-15)17-12-5-11-10(4-9(7)12)8(2)6-16-11/h3-6,15H,1-2H3/b14-13-. The van der Waals surface area contributed by atoms with E-state index in [9.17, 15) is 0 Å². The number of benzene rings is 1. The number of hydrogen-bond donors (Lipinski definition) is 1. The molecule has 4 heteroatoms. The fourth-order valence-electron chi connectivity index (χ4n) is 2.03. The fraction of sp³-hybridized carbons (Fsp3) is 0.154. The first kappa shape index (κ1) is 9.96. The van der Waals surface area contributed by atoms with Crippen molar-refractivity contribution in [3.05, 3.63) is 41.1 Å². The van der Waals surface area contributed by atoms with Gasteiger partial charge in [0.25, 0.3) is 5.55 Å². The highest BCUT2D eigenvalue weighted by Crippen LogP contribution is 2.27. The van der Waals surface area contributed by atoms with Crippen LogP contribution in [-0.2, 0) is 0 Å². The van der Waals surface area contributed by atoms with Gasteiger partial charge in [-0.05, 0) is 36.2 Å². The van der Waals surface area contributed by atoms with Crippen LogP contribution >= 0.6 is 0 Å². The lowest BCUT2D eigenvalue weighted by molar-refractivity contribution is 0.277. The molecule has 0 amide bonds. The second kappa shape index (κ2) is 3.38. The largest absolute Gasteiger partial charge is 0.464 e. The Balaban J connectivity index is 2.53. The molecule has 0 saturated carbocycles. The summed E-state index contributed by atoms with van der Waals surface area (Å²) in [5, 5.41) is 13.9. The van der Waals surface area contributed by atoms with Crippen molar-refractivity contribution in [2.45, 2.75) is 13.8 Å². The lowest BCUT2D eigenvalue weighted by atomic mass is 10.1. The summed E-state index contributed by atoms with van der Waals surface area (Å²) >= 11 is 0. The predicted molar refractivity (Wildman–Crippen MR) is 62.8 cm³/mol. The molecule has 0 spiro atoms. The van der Waals surface area contributed by atoms with Crippen molar-refractivity contribution in [3.63, 3.8) is 0 Å². The van der Waals surface area contributed by atoms with Gasteiger partial charge in [0.05, 0.1) is 6.26 Å². The molecular weight excluding hydrogens is 218 g/mol. The van der Waals surface area contributed by atoms with Gasteiger partial charge in [0.15, 0.2) is 0 Å². The minimum absolute atomic E-state index is 0.192. The van der Waals surface area contributed by atoms with Gasteiger partial charge in [0, 0.05) is 22.9 Å². The quantitative estimate of drug-likeness (QED) is 0.476. The molecule has 0 aliphatic heterocycles. The molecule has 4 nitrogen and oxygen atoms in total. The van der Waals surface area contributed by atoms with Gasteiger partial charge in [-0.3, -0.25) is 0 Å². The smallest absolute Gasteiger partial charge is 0.255 e. The third kappa shape index (κ3) is 1.41. The summed E-state index contributed by atoms with van der Waals surface area (Å²) in [6, 6.07) is 5.55. The molecule has 0 bridgehead atoms. The molecule has 0 saturated heterocycles. The number of rotatable bonds is 0. The van der Waals surface area contributed by atoms with E-state index in [1.54, 1.807) is 12.3 Å². The van der Waals surface area contributed by atoms with Crippen molar-refractivity contribution >= 4 is 21.9 Å². The van der Waals surface area contributed by atoms with E-state index in [0.29, 0.717) is 5.58 Å². The molecule has 1 N–H and O–H groups in total. The maximum absolute atomic E-state index is 8.75. The van der Waals surface area contributed by atoms with Gasteiger partial charge in [-0.15, -0.1) is 0 Å². The van der Waals surface area contributed by atoms with E-state index in [1.807, 2.05) is 26.0 Å². The summed E-state index contributed by atoms with van der Waals surface area (Å²) in [6.45, 7) is 3.95. The first-order chi connectivity index (χ1) is 8.19. The molecular formula is C13H11NO3. The van der Waals surface area contributed by atoms with Gasteiger partial charge in [-0.25, -0.2) is 0 Å². The van der Waals surface area contributed by atoms with E-state index in [1.165, 1.54) is 0 Å². The molecule has 1 aromatic carbocycles. The molecule has 17 heavy (non-hydrogen) atoms. The van der Waals surface area contributed by atoms with Gasteiger partial charge in [0.1, 0.15) is 11.2 Å². The molecule has 86 valence electrons. The summed E-state index contributed by atoms with van der Waals surface area (Å²) < 4.78 is 10.8. The molecule has 2 heterocycles. The van der Waals surface area contributed by atoms with Crippen LogP contribution in [-0.4, -0.2) is 5.21 Å². The first-order valence-corrected chi connectivity index (χ1v) is 5.29. The Kier molecular flexibility index (Phi) is 1.98. The minimum Gasteiger partial charge on any atom is -0.464 e. The van der Waals surface area contributed by atoms with Gasteiger partial charge >= 0.3 is 0 Å². The van der Waals surface area contributed by atoms with Gasteiger partial charge in [-0.2, -0.15) is 0 Å². The van der Waals surface area contributed by atoms with Gasteiger partial charge in [-0.1, -0.05) is 0 Å². The third-order valence-electron chi connectivity index (χ3n) is 2.95. The number of aryl methyl sites for hydroxylation is 2. The molecule has 2 aromatic heterocycles. The summed E-state index contributed by atoms with van der Waals surface area (Å²) in [5.74, 6) is 0. The van der Waals surface area contributed by atoms with Crippen molar-refractivity contribution < 1.29 is 14.0 Å². The number of hydrogen-bond acceptors (Lipinski definition) is 4. The van der Waals surface area contributed by atoms with E-state index >= 15 is 0 Å². The molecule has 3 aromatic rings. The molecule has 0 atom stereocenters. The van der Waals surface area contributed by atoms with Crippen molar-refractivity contribution in [2.75, 3.05) is 0 Å². The molecule has 0 fully saturated rings. The van der Waals surface area contributed by atoms with E-state index in [-0.39, 0.29) is 5.55 Å². The van der Waals surface area contributed by atoms with Crippen LogP contribution in [0.5, 0.6) is 0 Å². The van der Waals surface area contributed by atoms with Crippen LogP contribution in [0, 0.1) is 13.8 Å². The molecule has 3 rings (SSSR count). The normalized spacial score (nSPS) is 12.7. The van der Waals surface area contributed by atoms with Crippen LogP contribution in [0.25, 0.3) is 21.9 Å². The topological polar surface area (TPSA) is 58.9 Å². The van der Waals surface area contributed by atoms with Crippen molar-refractivity contribution in [1.82, 2.24) is 0 Å². The average Bonchev–Trinajstić information content (AvgIpc) is 2.68. The number of fused-ring (bicyclic) bond motifs is 2. The highest BCUT2D eigenvalue weighted by Gasteiger charge is 2.07. The van der Waals surface area contributed by atoms with Crippen molar-refractivity contribution in [1.29, 1.82) is 0 Å². The maximum Gasteiger partial charge on any atom is 0.255 e. The lowest BCUT2D eigenvalue weighted by Gasteiger charge is -2.01. The minimum atomic E-state index is 0.192. The van der Waals surface area contributed by atoms with Crippen LogP contribution in [0.4, 0.5) is 0 Å². The predicted octanol–water partition coefficient (Wildman–Crippen LogP) is 3.09. The third-order valence-corrected chi connectivity index (χ3v) is 2.95. The van der Waals surface area contributed by atoms with Crippen LogP contribution < -0.4 is 5.55 Å². The van der Waals surface area contributed by atoms with E-state index < -0.39 is 0 Å². The summed E-state index contributed by atoms with van der Waals surface area (Å²) in [7, 11) is 0. The zero-order valence-electron chi connectivity index (χ0n) is 9.52. The van der Waals surface area contributed by atoms with E-state index in [0.717, 1.165) is 27.5 Å². The van der Waals surface area contributed by atoms with Crippen molar-refractivity contribution in [3.8, 4) is 0 Å². The van der Waals surface area contributed by atoms with E-state index in [4.69, 9.17) is 14.0 Å². The summed E-state index contributed by atoms with van der Waals surface area (Å²) in [5.41, 5.74) is 3.71. The second-order valence-corrected chi connectivity index (χ2v) is 4.13. The Bertz CT molecular complexity index is 780. The zero-order valence-corrected chi connectivity index (χ0v) is 9.52. The lowest BCUT2D eigenvalue weighted by Crippen LogP contribution is -2.00. The average molecular weight is 229 g/mol.